The smallest absolute Gasteiger partial charge is 0.191 e. The van der Waals surface area contributed by atoms with Crippen LogP contribution in [0.4, 0.5) is 5.00 Å². The average molecular weight is 347 g/mol. The monoisotopic (exact) mass is 346 g/mol. The Hall–Kier alpha value is -1.49. The number of hydrogen-bond acceptors (Lipinski definition) is 3. The molecule has 0 radical (unpaired) electrons. The number of piperidine rings is 1. The zero-order chi connectivity index (χ0) is 16.6. The number of nitrogens with one attached hydrogen (secondary N) is 2. The Bertz CT molecular complexity index is 542. The topological polar surface area (TPSA) is 39.7 Å². The minimum atomic E-state index is 0.532. The molecule has 0 unspecified atom stereocenters. The predicted molar refractivity (Wildman–Crippen MR) is 105 cm³/mol. The molecule has 4 nitrogen and oxygen atoms in total. The minimum absolute atomic E-state index is 0.532. The van der Waals surface area contributed by atoms with Crippen LogP contribution in [-0.2, 0) is 0 Å². The highest BCUT2D eigenvalue weighted by molar-refractivity contribution is 7.14. The van der Waals surface area contributed by atoms with Gasteiger partial charge in [-0.15, -0.1) is 11.3 Å². The zero-order valence-corrected chi connectivity index (χ0v) is 15.6. The normalized spacial score (nSPS) is 19.5. The van der Waals surface area contributed by atoms with Crippen molar-refractivity contribution in [3.8, 4) is 0 Å². The minimum Gasteiger partial charge on any atom is -0.363 e. The summed E-state index contributed by atoms with van der Waals surface area (Å²) in [4.78, 5) is 7.28. The van der Waals surface area contributed by atoms with Gasteiger partial charge in [-0.1, -0.05) is 11.6 Å². The molecule has 1 saturated heterocycles. The van der Waals surface area contributed by atoms with Crippen molar-refractivity contribution in [3.63, 3.8) is 0 Å². The van der Waals surface area contributed by atoms with E-state index in [4.69, 9.17) is 4.99 Å². The molecule has 24 heavy (non-hydrogen) atoms. The molecule has 0 saturated carbocycles. The van der Waals surface area contributed by atoms with Gasteiger partial charge in [0.15, 0.2) is 5.96 Å². The summed E-state index contributed by atoms with van der Waals surface area (Å²) in [7, 11) is 0. The number of aliphatic imine (C=N–C) groups is 1. The summed E-state index contributed by atoms with van der Waals surface area (Å²) in [5.41, 5.74) is 1.60. The number of allylic oxidation sites excluding steroid dienone is 1. The van der Waals surface area contributed by atoms with Gasteiger partial charge in [0.1, 0.15) is 0 Å². The van der Waals surface area contributed by atoms with Gasteiger partial charge in [-0.3, -0.25) is 4.99 Å². The van der Waals surface area contributed by atoms with Crippen LogP contribution in [-0.4, -0.2) is 38.2 Å². The second kappa shape index (κ2) is 9.11. The number of thiophene rings is 1. The summed E-state index contributed by atoms with van der Waals surface area (Å²) in [5, 5.41) is 10.6. The standard InChI is InChI=1S/C19H30N4S/c1-2-20-19(21-12-9-16-6-3-4-7-16)22-17-10-13-23(14-11-17)18-8-5-15-24-18/h5-6,8,15,17H,2-4,7,9-14H2,1H3,(H2,20,21,22). The molecule has 2 heterocycles. The first kappa shape index (κ1) is 17.3. The van der Waals surface area contributed by atoms with E-state index in [1.54, 1.807) is 5.57 Å². The van der Waals surface area contributed by atoms with Gasteiger partial charge < -0.3 is 15.5 Å². The molecule has 0 amide bonds. The lowest BCUT2D eigenvalue weighted by atomic mass is 10.1. The fourth-order valence-corrected chi connectivity index (χ4v) is 4.27. The maximum Gasteiger partial charge on any atom is 0.191 e. The van der Waals surface area contributed by atoms with Crippen LogP contribution in [0.5, 0.6) is 0 Å². The van der Waals surface area contributed by atoms with Crippen LogP contribution in [0, 0.1) is 0 Å². The van der Waals surface area contributed by atoms with Crippen LogP contribution in [0.25, 0.3) is 0 Å². The molecule has 132 valence electrons. The third-order valence-electron chi connectivity index (χ3n) is 4.84. The SMILES string of the molecule is CCNC(=NCCC1=CCCC1)NC1CCN(c2cccs2)CC1. The van der Waals surface area contributed by atoms with Gasteiger partial charge in [0.25, 0.3) is 0 Å². The Labute approximate surface area is 150 Å². The first-order chi connectivity index (χ1) is 11.8. The lowest BCUT2D eigenvalue weighted by Crippen LogP contribution is -2.48. The van der Waals surface area contributed by atoms with Crippen molar-refractivity contribution in [1.29, 1.82) is 0 Å². The highest BCUT2D eigenvalue weighted by Gasteiger charge is 2.20. The number of anilines is 1. The Balaban J connectivity index is 1.45. The van der Waals surface area contributed by atoms with Crippen LogP contribution in [0.2, 0.25) is 0 Å². The highest BCUT2D eigenvalue weighted by atomic mass is 32.1. The summed E-state index contributed by atoms with van der Waals surface area (Å²) in [6.07, 6.45) is 9.74. The third-order valence-corrected chi connectivity index (χ3v) is 5.76. The van der Waals surface area contributed by atoms with Crippen molar-refractivity contribution in [1.82, 2.24) is 10.6 Å². The van der Waals surface area contributed by atoms with E-state index >= 15 is 0 Å². The van der Waals surface area contributed by atoms with E-state index in [9.17, 15) is 0 Å². The third kappa shape index (κ3) is 5.00. The largest absolute Gasteiger partial charge is 0.363 e. The Morgan fingerprint density at radius 1 is 1.38 bits per heavy atom. The van der Waals surface area contributed by atoms with Crippen molar-refractivity contribution in [2.24, 2.45) is 4.99 Å². The fourth-order valence-electron chi connectivity index (χ4n) is 3.48. The molecule has 1 aliphatic heterocycles. The number of hydrogen-bond donors (Lipinski definition) is 2. The van der Waals surface area contributed by atoms with Crippen LogP contribution in [0.15, 0.2) is 34.2 Å². The number of nitrogens with zero attached hydrogens (tertiary/aromatic N) is 2. The average Bonchev–Trinajstić information content (AvgIpc) is 3.29. The molecule has 1 fully saturated rings. The molecule has 3 rings (SSSR count). The second-order valence-electron chi connectivity index (χ2n) is 6.62. The van der Waals surface area contributed by atoms with Crippen molar-refractivity contribution in [3.05, 3.63) is 29.2 Å². The Morgan fingerprint density at radius 3 is 2.92 bits per heavy atom. The molecule has 2 N–H and O–H groups in total. The molecule has 2 aliphatic rings. The predicted octanol–water partition coefficient (Wildman–Crippen LogP) is 3.77. The molecule has 1 aromatic rings. The Kier molecular flexibility index (Phi) is 6.58. The molecule has 0 aromatic carbocycles. The van der Waals surface area contributed by atoms with E-state index in [0.29, 0.717) is 6.04 Å². The summed E-state index contributed by atoms with van der Waals surface area (Å²) in [6.45, 7) is 6.21. The fraction of sp³-hybridized carbons (Fsp3) is 0.632. The van der Waals surface area contributed by atoms with Crippen LogP contribution in [0.3, 0.4) is 0 Å². The van der Waals surface area contributed by atoms with Gasteiger partial charge in [-0.05, 0) is 63.0 Å². The maximum absolute atomic E-state index is 4.78. The summed E-state index contributed by atoms with van der Waals surface area (Å²) in [6, 6.07) is 4.89. The molecule has 5 heteroatoms. The van der Waals surface area contributed by atoms with E-state index in [-0.39, 0.29) is 0 Å². The van der Waals surface area contributed by atoms with E-state index in [2.05, 4.69) is 46.0 Å². The summed E-state index contributed by atoms with van der Waals surface area (Å²) < 4.78 is 0. The lowest BCUT2D eigenvalue weighted by molar-refractivity contribution is 0.463. The molecular weight excluding hydrogens is 316 g/mol. The summed E-state index contributed by atoms with van der Waals surface area (Å²) in [5.74, 6) is 0.991. The van der Waals surface area contributed by atoms with Gasteiger partial charge in [0.05, 0.1) is 5.00 Å². The van der Waals surface area contributed by atoms with Crippen LogP contribution >= 0.6 is 11.3 Å². The van der Waals surface area contributed by atoms with E-state index in [0.717, 1.165) is 38.6 Å². The van der Waals surface area contributed by atoms with Gasteiger partial charge in [-0.25, -0.2) is 0 Å². The lowest BCUT2D eigenvalue weighted by Gasteiger charge is -2.33. The molecule has 0 bridgehead atoms. The second-order valence-corrected chi connectivity index (χ2v) is 7.55. The van der Waals surface area contributed by atoms with Crippen LogP contribution < -0.4 is 15.5 Å². The van der Waals surface area contributed by atoms with Crippen molar-refractivity contribution in [2.45, 2.75) is 51.5 Å². The van der Waals surface area contributed by atoms with E-state index in [1.807, 2.05) is 11.3 Å². The first-order valence-corrected chi connectivity index (χ1v) is 10.2. The van der Waals surface area contributed by atoms with Crippen molar-refractivity contribution in [2.75, 3.05) is 31.1 Å². The highest BCUT2D eigenvalue weighted by Crippen LogP contribution is 2.24. The maximum atomic E-state index is 4.78. The molecule has 0 atom stereocenters. The number of guanidine groups is 1. The molecule has 1 aliphatic carbocycles. The van der Waals surface area contributed by atoms with E-state index in [1.165, 1.54) is 37.1 Å². The zero-order valence-electron chi connectivity index (χ0n) is 14.8. The van der Waals surface area contributed by atoms with Crippen molar-refractivity contribution >= 4 is 22.3 Å². The molecule has 1 aromatic heterocycles. The first-order valence-electron chi connectivity index (χ1n) is 9.36. The van der Waals surface area contributed by atoms with Crippen molar-refractivity contribution < 1.29 is 0 Å². The number of rotatable bonds is 6. The van der Waals surface area contributed by atoms with Gasteiger partial charge in [0, 0.05) is 32.2 Å². The van der Waals surface area contributed by atoms with E-state index < -0.39 is 0 Å². The molecular formula is C19H30N4S. The van der Waals surface area contributed by atoms with Gasteiger partial charge in [0.2, 0.25) is 0 Å². The van der Waals surface area contributed by atoms with Gasteiger partial charge in [-0.2, -0.15) is 0 Å². The Morgan fingerprint density at radius 2 is 2.25 bits per heavy atom. The van der Waals surface area contributed by atoms with Crippen LogP contribution in [0.1, 0.15) is 45.4 Å². The molecule has 0 spiro atoms. The van der Waals surface area contributed by atoms with Gasteiger partial charge >= 0.3 is 0 Å². The quantitative estimate of drug-likeness (QED) is 0.468. The summed E-state index contributed by atoms with van der Waals surface area (Å²) >= 11 is 1.84.